The Kier molecular flexibility index (Phi) is 4.68. The van der Waals surface area contributed by atoms with Crippen molar-refractivity contribution in [2.75, 3.05) is 23.3 Å². The van der Waals surface area contributed by atoms with Gasteiger partial charge in [0.15, 0.2) is 0 Å². The van der Waals surface area contributed by atoms with Crippen LogP contribution in [0.25, 0.3) is 0 Å². The highest BCUT2D eigenvalue weighted by atomic mass is 32.1. The molecular weight excluding hydrogens is 296 g/mol. The Hall–Kier alpha value is -1.95. The van der Waals surface area contributed by atoms with Crippen molar-refractivity contribution in [3.8, 4) is 0 Å². The molecule has 5 nitrogen and oxygen atoms in total. The molecule has 6 heteroatoms. The summed E-state index contributed by atoms with van der Waals surface area (Å²) in [5, 5.41) is 6.77. The largest absolute Gasteiger partial charge is 0.372 e. The lowest BCUT2D eigenvalue weighted by Gasteiger charge is -2.22. The van der Waals surface area contributed by atoms with Gasteiger partial charge < -0.3 is 10.2 Å². The minimum absolute atomic E-state index is 0.143. The molecule has 0 saturated carbocycles. The highest BCUT2D eigenvalue weighted by Gasteiger charge is 2.14. The molecule has 22 heavy (non-hydrogen) atoms. The summed E-state index contributed by atoms with van der Waals surface area (Å²) in [5.74, 6) is -0.143. The summed E-state index contributed by atoms with van der Waals surface area (Å²) >= 11 is 1.12. The topological polar surface area (TPSA) is 58.1 Å². The van der Waals surface area contributed by atoms with Crippen molar-refractivity contribution in [1.29, 1.82) is 0 Å². The van der Waals surface area contributed by atoms with Gasteiger partial charge in [-0.15, -0.1) is 5.10 Å². The van der Waals surface area contributed by atoms with Gasteiger partial charge in [0.05, 0.1) is 5.69 Å². The van der Waals surface area contributed by atoms with Gasteiger partial charge >= 0.3 is 0 Å². The number of hydrogen-bond acceptors (Lipinski definition) is 5. The maximum absolute atomic E-state index is 12.1. The minimum Gasteiger partial charge on any atom is -0.372 e. The molecular formula is C16H20N4OS. The van der Waals surface area contributed by atoms with Gasteiger partial charge in [-0.25, -0.2) is 0 Å². The Labute approximate surface area is 134 Å². The van der Waals surface area contributed by atoms with Crippen LogP contribution < -0.4 is 10.2 Å². The fraction of sp³-hybridized carbons (Fsp3) is 0.438. The Morgan fingerprint density at radius 3 is 2.41 bits per heavy atom. The van der Waals surface area contributed by atoms with E-state index in [4.69, 9.17) is 0 Å². The smallest absolute Gasteiger partial charge is 0.269 e. The molecule has 1 aliphatic heterocycles. The van der Waals surface area contributed by atoms with E-state index in [9.17, 15) is 4.79 Å². The monoisotopic (exact) mass is 316 g/mol. The Morgan fingerprint density at radius 1 is 1.14 bits per heavy atom. The van der Waals surface area contributed by atoms with Crippen molar-refractivity contribution in [3.05, 3.63) is 34.8 Å². The predicted molar refractivity (Wildman–Crippen MR) is 89.7 cm³/mol. The number of aromatic nitrogens is 2. The summed E-state index contributed by atoms with van der Waals surface area (Å²) in [6.07, 6.45) is 5.17. The molecule has 1 amide bonds. The quantitative estimate of drug-likeness (QED) is 0.942. The van der Waals surface area contributed by atoms with Crippen molar-refractivity contribution in [2.24, 2.45) is 0 Å². The molecule has 0 atom stereocenters. The summed E-state index contributed by atoms with van der Waals surface area (Å²) < 4.78 is 3.79. The van der Waals surface area contributed by atoms with Crippen LogP contribution in [0, 0.1) is 6.92 Å². The Morgan fingerprint density at radius 2 is 1.82 bits per heavy atom. The third-order valence-electron chi connectivity index (χ3n) is 3.95. The van der Waals surface area contributed by atoms with Crippen LogP contribution in [0.1, 0.15) is 41.0 Å². The lowest BCUT2D eigenvalue weighted by molar-refractivity contribution is 0.103. The number of anilines is 2. The number of carbonyl (C=O) groups is 1. The molecule has 116 valence electrons. The first-order valence-electron chi connectivity index (χ1n) is 7.69. The van der Waals surface area contributed by atoms with E-state index in [0.29, 0.717) is 10.6 Å². The average Bonchev–Trinajstić information content (AvgIpc) is 2.79. The van der Waals surface area contributed by atoms with Gasteiger partial charge in [-0.3, -0.25) is 4.79 Å². The van der Waals surface area contributed by atoms with E-state index in [1.165, 1.54) is 31.4 Å². The Bertz CT molecular complexity index is 630. The number of aryl methyl sites for hydroxylation is 1. The second kappa shape index (κ2) is 6.87. The Balaban J connectivity index is 1.66. The van der Waals surface area contributed by atoms with Crippen LogP contribution in [-0.2, 0) is 0 Å². The lowest BCUT2D eigenvalue weighted by Crippen LogP contribution is -2.23. The zero-order valence-electron chi connectivity index (χ0n) is 12.7. The number of nitrogens with zero attached hydrogens (tertiary/aromatic N) is 3. The number of carbonyl (C=O) groups excluding carboxylic acids is 1. The van der Waals surface area contributed by atoms with Crippen LogP contribution in [0.3, 0.4) is 0 Å². The van der Waals surface area contributed by atoms with Crippen molar-refractivity contribution in [1.82, 2.24) is 9.59 Å². The summed E-state index contributed by atoms with van der Waals surface area (Å²) in [4.78, 5) is 15.1. The normalized spacial score (nSPS) is 15.4. The van der Waals surface area contributed by atoms with E-state index < -0.39 is 0 Å². The lowest BCUT2D eigenvalue weighted by atomic mass is 10.2. The molecule has 0 spiro atoms. The maximum atomic E-state index is 12.1. The molecule has 1 aromatic carbocycles. The summed E-state index contributed by atoms with van der Waals surface area (Å²) in [6.45, 7) is 4.04. The van der Waals surface area contributed by atoms with Gasteiger partial charge in [-0.2, -0.15) is 0 Å². The third kappa shape index (κ3) is 3.44. The van der Waals surface area contributed by atoms with E-state index >= 15 is 0 Å². The zero-order valence-corrected chi connectivity index (χ0v) is 13.5. The van der Waals surface area contributed by atoms with Gasteiger partial charge in [0.2, 0.25) is 0 Å². The molecule has 0 bridgehead atoms. The van der Waals surface area contributed by atoms with E-state index in [0.717, 1.165) is 30.3 Å². The first-order valence-corrected chi connectivity index (χ1v) is 8.47. The molecule has 1 N–H and O–H groups in total. The van der Waals surface area contributed by atoms with Crippen molar-refractivity contribution >= 4 is 28.8 Å². The van der Waals surface area contributed by atoms with E-state index in [-0.39, 0.29) is 5.91 Å². The first kappa shape index (κ1) is 15.0. The molecule has 2 aromatic rings. The minimum atomic E-state index is -0.143. The SMILES string of the molecule is Cc1nnsc1C(=O)Nc1ccc(N2CCCCCC2)cc1. The summed E-state index contributed by atoms with van der Waals surface area (Å²) in [6, 6.07) is 8.08. The molecule has 2 heterocycles. The molecule has 1 aliphatic rings. The zero-order chi connectivity index (χ0) is 15.4. The van der Waals surface area contributed by atoms with Gasteiger partial charge in [0.25, 0.3) is 5.91 Å². The molecule has 0 radical (unpaired) electrons. The highest BCUT2D eigenvalue weighted by molar-refractivity contribution is 7.08. The number of amides is 1. The first-order chi connectivity index (χ1) is 10.7. The fourth-order valence-electron chi connectivity index (χ4n) is 2.71. The number of benzene rings is 1. The van der Waals surface area contributed by atoms with Gasteiger partial charge in [-0.1, -0.05) is 17.3 Å². The van der Waals surface area contributed by atoms with Crippen LogP contribution in [0.15, 0.2) is 24.3 Å². The predicted octanol–water partition coefficient (Wildman–Crippen LogP) is 3.48. The molecule has 0 unspecified atom stereocenters. The number of rotatable bonds is 3. The second-order valence-electron chi connectivity index (χ2n) is 5.59. The maximum Gasteiger partial charge on any atom is 0.269 e. The van der Waals surface area contributed by atoms with Crippen LogP contribution in [0.4, 0.5) is 11.4 Å². The number of nitrogens with one attached hydrogen (secondary N) is 1. The fourth-order valence-corrected chi connectivity index (χ4v) is 3.26. The van der Waals surface area contributed by atoms with Gasteiger partial charge in [0, 0.05) is 24.5 Å². The van der Waals surface area contributed by atoms with E-state index in [2.05, 4.69) is 31.9 Å². The molecule has 1 saturated heterocycles. The van der Waals surface area contributed by atoms with Gasteiger partial charge in [-0.05, 0) is 55.6 Å². The van der Waals surface area contributed by atoms with Crippen LogP contribution in [0.2, 0.25) is 0 Å². The second-order valence-corrected chi connectivity index (χ2v) is 6.34. The molecule has 3 rings (SSSR count). The number of hydrogen-bond donors (Lipinski definition) is 1. The standard InChI is InChI=1S/C16H20N4OS/c1-12-15(22-19-18-12)16(21)17-13-6-8-14(9-7-13)20-10-4-2-3-5-11-20/h6-9H,2-5,10-11H2,1H3,(H,17,21). The van der Waals surface area contributed by atoms with Crippen molar-refractivity contribution in [2.45, 2.75) is 32.6 Å². The van der Waals surface area contributed by atoms with Crippen LogP contribution >= 0.6 is 11.5 Å². The summed E-state index contributed by atoms with van der Waals surface area (Å²) in [7, 11) is 0. The van der Waals surface area contributed by atoms with Crippen molar-refractivity contribution in [3.63, 3.8) is 0 Å². The van der Waals surface area contributed by atoms with E-state index in [1.54, 1.807) is 6.92 Å². The molecule has 0 aliphatic carbocycles. The third-order valence-corrected chi connectivity index (χ3v) is 4.78. The average molecular weight is 316 g/mol. The van der Waals surface area contributed by atoms with Gasteiger partial charge in [0.1, 0.15) is 4.88 Å². The molecule has 1 fully saturated rings. The summed E-state index contributed by atoms with van der Waals surface area (Å²) in [5.41, 5.74) is 2.70. The molecule has 1 aromatic heterocycles. The van der Waals surface area contributed by atoms with Crippen molar-refractivity contribution < 1.29 is 4.79 Å². The van der Waals surface area contributed by atoms with Crippen LogP contribution in [-0.4, -0.2) is 28.6 Å². The van der Waals surface area contributed by atoms with Crippen LogP contribution in [0.5, 0.6) is 0 Å². The van der Waals surface area contributed by atoms with E-state index in [1.807, 2.05) is 12.1 Å². The highest BCUT2D eigenvalue weighted by Crippen LogP contribution is 2.22.